The van der Waals surface area contributed by atoms with Crippen LogP contribution in [0.2, 0.25) is 0 Å². The van der Waals surface area contributed by atoms with Crippen LogP contribution in [0.1, 0.15) is 26.2 Å². The molecule has 96 valence electrons. The molecule has 1 aromatic rings. The number of carbonyl (C=O) groups is 1. The molecule has 0 aromatic heterocycles. The van der Waals surface area contributed by atoms with Crippen LogP contribution in [0.5, 0.6) is 5.75 Å². The van der Waals surface area contributed by atoms with Gasteiger partial charge in [-0.2, -0.15) is 0 Å². The van der Waals surface area contributed by atoms with Crippen LogP contribution in [-0.2, 0) is 4.79 Å². The fraction of sp³-hybridized carbons (Fsp3) is 0.308. The molecule has 0 saturated heterocycles. The van der Waals surface area contributed by atoms with E-state index in [0.29, 0.717) is 5.75 Å². The Labute approximate surface area is 105 Å². The maximum Gasteiger partial charge on any atom is 0.335 e. The van der Waals surface area contributed by atoms with Crippen molar-refractivity contribution in [3.63, 3.8) is 0 Å². The summed E-state index contributed by atoms with van der Waals surface area (Å²) in [7, 11) is 0. The van der Waals surface area contributed by atoms with Crippen molar-refractivity contribution in [3.8, 4) is 5.75 Å². The molecule has 0 atom stereocenters. The molecular formula is C13H15NO4. The topological polar surface area (TPSA) is 69.4 Å². The second-order valence-corrected chi connectivity index (χ2v) is 3.72. The number of nitro benzene ring substituents is 1. The first-order chi connectivity index (χ1) is 8.63. The highest BCUT2D eigenvalue weighted by Crippen LogP contribution is 2.17. The maximum atomic E-state index is 11.4. The number of hydrogen-bond acceptors (Lipinski definition) is 4. The van der Waals surface area contributed by atoms with Crippen LogP contribution in [0.4, 0.5) is 5.69 Å². The Morgan fingerprint density at radius 2 is 2.06 bits per heavy atom. The van der Waals surface area contributed by atoms with E-state index in [2.05, 4.69) is 6.92 Å². The zero-order chi connectivity index (χ0) is 13.4. The Morgan fingerprint density at radius 1 is 1.39 bits per heavy atom. The SMILES string of the molecule is CCCCC=CC(=O)Oc1ccc([N+](=O)[O-])cc1. The number of nitrogens with zero attached hydrogens (tertiary/aromatic N) is 1. The van der Waals surface area contributed by atoms with Crippen LogP contribution >= 0.6 is 0 Å². The summed E-state index contributed by atoms with van der Waals surface area (Å²) < 4.78 is 4.98. The molecule has 0 radical (unpaired) electrons. The number of carbonyl (C=O) groups excluding carboxylic acids is 1. The predicted octanol–water partition coefficient (Wildman–Crippen LogP) is 3.25. The summed E-state index contributed by atoms with van der Waals surface area (Å²) in [5.74, 6) is -0.175. The molecule has 0 heterocycles. The summed E-state index contributed by atoms with van der Waals surface area (Å²) in [5.41, 5.74) is -0.0340. The molecular weight excluding hydrogens is 234 g/mol. The molecule has 0 N–H and O–H groups in total. The van der Waals surface area contributed by atoms with Crippen molar-refractivity contribution in [1.82, 2.24) is 0 Å². The van der Waals surface area contributed by atoms with E-state index in [-0.39, 0.29) is 5.69 Å². The summed E-state index contributed by atoms with van der Waals surface area (Å²) in [5, 5.41) is 10.4. The van der Waals surface area contributed by atoms with E-state index in [4.69, 9.17) is 4.74 Å². The molecule has 1 aromatic carbocycles. The van der Waals surface area contributed by atoms with E-state index in [1.807, 2.05) is 0 Å². The van der Waals surface area contributed by atoms with Crippen LogP contribution in [-0.4, -0.2) is 10.9 Å². The number of nitro groups is 1. The summed E-state index contributed by atoms with van der Waals surface area (Å²) in [6, 6.07) is 5.39. The van der Waals surface area contributed by atoms with Gasteiger partial charge in [-0.25, -0.2) is 4.79 Å². The molecule has 0 aliphatic carbocycles. The molecule has 0 saturated carbocycles. The van der Waals surface area contributed by atoms with Gasteiger partial charge in [0, 0.05) is 18.2 Å². The number of hydrogen-bond donors (Lipinski definition) is 0. The Hall–Kier alpha value is -2.17. The number of esters is 1. The Bertz CT molecular complexity index is 437. The van der Waals surface area contributed by atoms with Gasteiger partial charge in [-0.15, -0.1) is 0 Å². The first-order valence-electron chi connectivity index (χ1n) is 5.76. The quantitative estimate of drug-likeness (QED) is 0.194. The zero-order valence-corrected chi connectivity index (χ0v) is 10.2. The van der Waals surface area contributed by atoms with Gasteiger partial charge >= 0.3 is 5.97 Å². The predicted molar refractivity (Wildman–Crippen MR) is 67.4 cm³/mol. The van der Waals surface area contributed by atoms with Crippen LogP contribution in [0.3, 0.4) is 0 Å². The summed E-state index contributed by atoms with van der Waals surface area (Å²) in [6.07, 6.45) is 6.07. The van der Waals surface area contributed by atoms with Gasteiger partial charge in [0.05, 0.1) is 4.92 Å². The lowest BCUT2D eigenvalue weighted by Crippen LogP contribution is -2.03. The van der Waals surface area contributed by atoms with Gasteiger partial charge in [0.15, 0.2) is 0 Å². The third-order valence-corrected chi connectivity index (χ3v) is 2.24. The molecule has 0 spiro atoms. The number of unbranched alkanes of at least 4 members (excludes halogenated alkanes) is 2. The molecule has 0 amide bonds. The zero-order valence-electron chi connectivity index (χ0n) is 10.2. The van der Waals surface area contributed by atoms with Crippen LogP contribution in [0.25, 0.3) is 0 Å². The maximum absolute atomic E-state index is 11.4. The van der Waals surface area contributed by atoms with Crippen molar-refractivity contribution in [2.45, 2.75) is 26.2 Å². The number of rotatable bonds is 6. The van der Waals surface area contributed by atoms with E-state index in [1.54, 1.807) is 6.08 Å². The van der Waals surface area contributed by atoms with E-state index in [0.717, 1.165) is 19.3 Å². The Kier molecular flexibility index (Phi) is 5.57. The molecule has 0 aliphatic rings. The van der Waals surface area contributed by atoms with E-state index >= 15 is 0 Å². The van der Waals surface area contributed by atoms with Crippen molar-refractivity contribution in [2.24, 2.45) is 0 Å². The molecule has 1 rings (SSSR count). The van der Waals surface area contributed by atoms with Crippen molar-refractivity contribution >= 4 is 11.7 Å². The Morgan fingerprint density at radius 3 is 2.61 bits per heavy atom. The molecule has 0 fully saturated rings. The minimum absolute atomic E-state index is 0.0340. The van der Waals surface area contributed by atoms with Crippen LogP contribution in [0.15, 0.2) is 36.4 Å². The first kappa shape index (κ1) is 13.9. The second-order valence-electron chi connectivity index (χ2n) is 3.72. The van der Waals surface area contributed by atoms with Gasteiger partial charge in [0.1, 0.15) is 5.75 Å². The van der Waals surface area contributed by atoms with Gasteiger partial charge in [-0.05, 0) is 18.6 Å². The lowest BCUT2D eigenvalue weighted by atomic mass is 10.2. The highest BCUT2D eigenvalue weighted by Gasteiger charge is 2.05. The average molecular weight is 249 g/mol. The molecule has 5 nitrogen and oxygen atoms in total. The third kappa shape index (κ3) is 4.78. The number of allylic oxidation sites excluding steroid dienone is 1. The minimum atomic E-state index is -0.504. The summed E-state index contributed by atoms with van der Waals surface area (Å²) >= 11 is 0. The lowest BCUT2D eigenvalue weighted by molar-refractivity contribution is -0.384. The molecule has 0 unspecified atom stereocenters. The Balaban J connectivity index is 2.49. The number of non-ortho nitro benzene ring substituents is 1. The first-order valence-corrected chi connectivity index (χ1v) is 5.76. The highest BCUT2D eigenvalue weighted by molar-refractivity contribution is 5.83. The number of benzene rings is 1. The van der Waals surface area contributed by atoms with Gasteiger partial charge < -0.3 is 4.74 Å². The minimum Gasteiger partial charge on any atom is -0.423 e. The molecule has 0 aliphatic heterocycles. The fourth-order valence-corrected chi connectivity index (χ4v) is 1.29. The standard InChI is InChI=1S/C13H15NO4/c1-2-3-4-5-6-13(15)18-12-9-7-11(8-10-12)14(16)17/h5-10H,2-4H2,1H3. The largest absolute Gasteiger partial charge is 0.423 e. The van der Waals surface area contributed by atoms with Crippen molar-refractivity contribution in [3.05, 3.63) is 46.5 Å². The van der Waals surface area contributed by atoms with Crippen LogP contribution in [0, 0.1) is 10.1 Å². The van der Waals surface area contributed by atoms with Gasteiger partial charge in [0.2, 0.25) is 0 Å². The molecule has 18 heavy (non-hydrogen) atoms. The van der Waals surface area contributed by atoms with E-state index in [1.165, 1.54) is 30.3 Å². The van der Waals surface area contributed by atoms with Crippen LogP contribution < -0.4 is 4.74 Å². The lowest BCUT2D eigenvalue weighted by Gasteiger charge is -2.00. The van der Waals surface area contributed by atoms with Gasteiger partial charge in [-0.3, -0.25) is 10.1 Å². The third-order valence-electron chi connectivity index (χ3n) is 2.24. The van der Waals surface area contributed by atoms with E-state index < -0.39 is 10.9 Å². The molecule has 5 heteroatoms. The highest BCUT2D eigenvalue weighted by atomic mass is 16.6. The van der Waals surface area contributed by atoms with E-state index in [9.17, 15) is 14.9 Å². The van der Waals surface area contributed by atoms with Crippen molar-refractivity contribution in [2.75, 3.05) is 0 Å². The summed E-state index contributed by atoms with van der Waals surface area (Å²) in [6.45, 7) is 2.07. The average Bonchev–Trinajstić information content (AvgIpc) is 2.35. The number of ether oxygens (including phenoxy) is 1. The van der Waals surface area contributed by atoms with Gasteiger partial charge in [-0.1, -0.05) is 25.8 Å². The smallest absolute Gasteiger partial charge is 0.335 e. The van der Waals surface area contributed by atoms with Crippen molar-refractivity contribution < 1.29 is 14.5 Å². The summed E-state index contributed by atoms with van der Waals surface area (Å²) in [4.78, 5) is 21.3. The fourth-order valence-electron chi connectivity index (χ4n) is 1.29. The second kappa shape index (κ2) is 7.21. The monoisotopic (exact) mass is 249 g/mol. The van der Waals surface area contributed by atoms with Crippen molar-refractivity contribution in [1.29, 1.82) is 0 Å². The molecule has 0 bridgehead atoms. The normalized spacial score (nSPS) is 10.5. The van der Waals surface area contributed by atoms with Gasteiger partial charge in [0.25, 0.3) is 5.69 Å².